The summed E-state index contributed by atoms with van der Waals surface area (Å²) >= 11 is 0. The van der Waals surface area contributed by atoms with Crippen LogP contribution in [0.15, 0.2) is 42.7 Å². The minimum Gasteiger partial charge on any atom is -0.309 e. The number of nitrogens with one attached hydrogen (secondary N) is 1. The van der Waals surface area contributed by atoms with Crippen molar-refractivity contribution in [2.45, 2.75) is 38.4 Å². The van der Waals surface area contributed by atoms with Crippen molar-refractivity contribution in [1.29, 1.82) is 0 Å². The van der Waals surface area contributed by atoms with E-state index < -0.39 is 0 Å². The van der Waals surface area contributed by atoms with Crippen molar-refractivity contribution in [3.05, 3.63) is 53.9 Å². The number of hydrogen-bond donors (Lipinski definition) is 1. The highest BCUT2D eigenvalue weighted by molar-refractivity contribution is 5.27. The Morgan fingerprint density at radius 1 is 1.33 bits per heavy atom. The Kier molecular flexibility index (Phi) is 3.15. The fourth-order valence-electron chi connectivity index (χ4n) is 2.41. The predicted molar refractivity (Wildman–Crippen MR) is 72.3 cm³/mol. The summed E-state index contributed by atoms with van der Waals surface area (Å²) in [5, 5.41) is 7.89. The molecule has 0 radical (unpaired) electrons. The zero-order valence-corrected chi connectivity index (χ0v) is 10.7. The lowest BCUT2D eigenvalue weighted by molar-refractivity contribution is 0.652. The smallest absolute Gasteiger partial charge is 0.0534 e. The molecule has 2 atom stereocenters. The maximum absolute atomic E-state index is 4.29. The van der Waals surface area contributed by atoms with Gasteiger partial charge in [0.1, 0.15) is 0 Å². The minimum absolute atomic E-state index is 0.636. The highest BCUT2D eigenvalue weighted by Gasteiger charge is 2.37. The van der Waals surface area contributed by atoms with Crippen molar-refractivity contribution in [2.24, 2.45) is 0 Å². The molecule has 1 aliphatic rings. The number of benzene rings is 1. The number of aryl methyl sites for hydroxylation is 1. The molecule has 3 rings (SSSR count). The summed E-state index contributed by atoms with van der Waals surface area (Å²) in [6.45, 7) is 3.97. The second-order valence-corrected chi connectivity index (χ2v) is 4.94. The molecule has 3 heteroatoms. The van der Waals surface area contributed by atoms with Gasteiger partial charge in [0.05, 0.1) is 6.20 Å². The summed E-state index contributed by atoms with van der Waals surface area (Å²) in [4.78, 5) is 0. The third-order valence-corrected chi connectivity index (χ3v) is 3.60. The molecule has 1 aromatic heterocycles. The highest BCUT2D eigenvalue weighted by atomic mass is 15.3. The first kappa shape index (κ1) is 11.5. The fraction of sp³-hybridized carbons (Fsp3) is 0.400. The first-order valence-electron chi connectivity index (χ1n) is 6.66. The van der Waals surface area contributed by atoms with Crippen molar-refractivity contribution < 1.29 is 0 Å². The molecule has 2 unspecified atom stereocenters. The van der Waals surface area contributed by atoms with Gasteiger partial charge in [0, 0.05) is 36.8 Å². The van der Waals surface area contributed by atoms with E-state index >= 15 is 0 Å². The molecular weight excluding hydrogens is 222 g/mol. The van der Waals surface area contributed by atoms with E-state index in [0.717, 1.165) is 13.1 Å². The van der Waals surface area contributed by atoms with Crippen LogP contribution < -0.4 is 5.32 Å². The molecule has 1 aliphatic carbocycles. The van der Waals surface area contributed by atoms with Crippen LogP contribution in [0.25, 0.3) is 0 Å². The Hall–Kier alpha value is -1.61. The maximum Gasteiger partial charge on any atom is 0.0534 e. The normalized spacial score (nSPS) is 22.1. The van der Waals surface area contributed by atoms with E-state index in [-0.39, 0.29) is 0 Å². The number of nitrogens with zero attached hydrogens (tertiary/aromatic N) is 2. The van der Waals surface area contributed by atoms with Crippen molar-refractivity contribution in [3.63, 3.8) is 0 Å². The lowest BCUT2D eigenvalue weighted by atomic mass is 10.1. The van der Waals surface area contributed by atoms with Crippen LogP contribution in [-0.2, 0) is 13.1 Å². The Bertz CT molecular complexity index is 503. The number of hydrogen-bond acceptors (Lipinski definition) is 2. The van der Waals surface area contributed by atoms with Gasteiger partial charge in [-0.1, -0.05) is 30.3 Å². The third kappa shape index (κ3) is 2.46. The molecule has 0 saturated heterocycles. The van der Waals surface area contributed by atoms with E-state index in [0.29, 0.717) is 12.0 Å². The Balaban J connectivity index is 1.51. The van der Waals surface area contributed by atoms with Gasteiger partial charge in [0.25, 0.3) is 0 Å². The standard InChI is InChI=1S/C15H19N3/c1-2-18-11-12(10-17-18)9-16-15-8-14(15)13-6-4-3-5-7-13/h3-7,10-11,14-16H,2,8-9H2,1H3. The van der Waals surface area contributed by atoms with Crippen molar-refractivity contribution in [3.8, 4) is 0 Å². The monoisotopic (exact) mass is 241 g/mol. The van der Waals surface area contributed by atoms with Crippen LogP contribution in [0.2, 0.25) is 0 Å². The summed E-state index contributed by atoms with van der Waals surface area (Å²) < 4.78 is 1.97. The molecular formula is C15H19N3. The second-order valence-electron chi connectivity index (χ2n) is 4.94. The van der Waals surface area contributed by atoms with E-state index in [4.69, 9.17) is 0 Å². The summed E-state index contributed by atoms with van der Waals surface area (Å²) in [6, 6.07) is 11.4. The van der Waals surface area contributed by atoms with Crippen molar-refractivity contribution in [1.82, 2.24) is 15.1 Å². The highest BCUT2D eigenvalue weighted by Crippen LogP contribution is 2.40. The van der Waals surface area contributed by atoms with Crippen molar-refractivity contribution in [2.75, 3.05) is 0 Å². The summed E-state index contributed by atoms with van der Waals surface area (Å²) in [7, 11) is 0. The topological polar surface area (TPSA) is 29.9 Å². The van der Waals surface area contributed by atoms with Gasteiger partial charge >= 0.3 is 0 Å². The zero-order chi connectivity index (χ0) is 12.4. The molecule has 2 aromatic rings. The van der Waals surface area contributed by atoms with E-state index in [2.05, 4.69) is 53.9 Å². The van der Waals surface area contributed by atoms with Crippen LogP contribution in [0.4, 0.5) is 0 Å². The average molecular weight is 241 g/mol. The summed E-state index contributed by atoms with van der Waals surface area (Å²) in [5.74, 6) is 0.701. The number of rotatable bonds is 5. The molecule has 0 amide bonds. The third-order valence-electron chi connectivity index (χ3n) is 3.60. The van der Waals surface area contributed by atoms with Gasteiger partial charge in [0.2, 0.25) is 0 Å². The first-order valence-corrected chi connectivity index (χ1v) is 6.66. The van der Waals surface area contributed by atoms with Crippen LogP contribution in [0, 0.1) is 0 Å². The molecule has 3 nitrogen and oxygen atoms in total. The largest absolute Gasteiger partial charge is 0.309 e. The molecule has 1 fully saturated rings. The molecule has 1 heterocycles. The van der Waals surface area contributed by atoms with Crippen LogP contribution in [0.3, 0.4) is 0 Å². The lowest BCUT2D eigenvalue weighted by Crippen LogP contribution is -2.16. The lowest BCUT2D eigenvalue weighted by Gasteiger charge is -2.02. The van der Waals surface area contributed by atoms with Crippen LogP contribution in [-0.4, -0.2) is 15.8 Å². The quantitative estimate of drug-likeness (QED) is 0.872. The summed E-state index contributed by atoms with van der Waals surface area (Å²) in [6.07, 6.45) is 5.33. The Morgan fingerprint density at radius 3 is 2.89 bits per heavy atom. The molecule has 0 spiro atoms. The molecule has 0 aliphatic heterocycles. The van der Waals surface area contributed by atoms with Crippen LogP contribution in [0.5, 0.6) is 0 Å². The van der Waals surface area contributed by atoms with E-state index in [1.165, 1.54) is 17.5 Å². The maximum atomic E-state index is 4.29. The molecule has 94 valence electrons. The van der Waals surface area contributed by atoms with Gasteiger partial charge in [-0.05, 0) is 18.9 Å². The Morgan fingerprint density at radius 2 is 2.17 bits per heavy atom. The molecule has 18 heavy (non-hydrogen) atoms. The molecule has 1 saturated carbocycles. The van der Waals surface area contributed by atoms with E-state index in [1.807, 2.05) is 10.9 Å². The van der Waals surface area contributed by atoms with Gasteiger partial charge in [-0.15, -0.1) is 0 Å². The SMILES string of the molecule is CCn1cc(CNC2CC2c2ccccc2)cn1. The summed E-state index contributed by atoms with van der Waals surface area (Å²) in [5.41, 5.74) is 2.73. The van der Waals surface area contributed by atoms with Crippen molar-refractivity contribution >= 4 is 0 Å². The molecule has 0 bridgehead atoms. The molecule has 1 N–H and O–H groups in total. The molecule has 1 aromatic carbocycles. The van der Waals surface area contributed by atoms with Crippen LogP contribution in [0.1, 0.15) is 30.4 Å². The van der Waals surface area contributed by atoms with Gasteiger partial charge in [0.15, 0.2) is 0 Å². The van der Waals surface area contributed by atoms with Gasteiger partial charge in [-0.25, -0.2) is 0 Å². The zero-order valence-electron chi connectivity index (χ0n) is 10.7. The van der Waals surface area contributed by atoms with E-state index in [9.17, 15) is 0 Å². The van der Waals surface area contributed by atoms with Gasteiger partial charge < -0.3 is 5.32 Å². The predicted octanol–water partition coefficient (Wildman–Crippen LogP) is 2.55. The second kappa shape index (κ2) is 4.94. The average Bonchev–Trinajstić information content (AvgIpc) is 3.06. The first-order chi connectivity index (χ1) is 8.86. The van der Waals surface area contributed by atoms with Crippen LogP contribution >= 0.6 is 0 Å². The minimum atomic E-state index is 0.636. The van der Waals surface area contributed by atoms with E-state index in [1.54, 1.807) is 0 Å². The Labute approximate surface area is 108 Å². The fourth-order valence-corrected chi connectivity index (χ4v) is 2.41. The van der Waals surface area contributed by atoms with Gasteiger partial charge in [-0.2, -0.15) is 5.10 Å². The van der Waals surface area contributed by atoms with Gasteiger partial charge in [-0.3, -0.25) is 4.68 Å². The number of aromatic nitrogens is 2.